The van der Waals surface area contributed by atoms with E-state index in [2.05, 4.69) is 10.2 Å². The Kier molecular flexibility index (Phi) is 5.33. The predicted octanol–water partition coefficient (Wildman–Crippen LogP) is 2.63. The number of hydrogen-bond acceptors (Lipinski definition) is 6. The molecular weight excluding hydrogens is 346 g/mol. The summed E-state index contributed by atoms with van der Waals surface area (Å²) in [6.07, 6.45) is 1.14. The Bertz CT molecular complexity index is 752. The van der Waals surface area contributed by atoms with Gasteiger partial charge in [0.1, 0.15) is 0 Å². The minimum Gasteiger partial charge on any atom is -0.455 e. The summed E-state index contributed by atoms with van der Waals surface area (Å²) in [5, 5.41) is 8.05. The number of ether oxygens (including phenoxy) is 1. The number of hydrogen-bond donors (Lipinski definition) is 0. The van der Waals surface area contributed by atoms with Gasteiger partial charge in [-0.1, -0.05) is 11.6 Å². The molecular formula is C17H18ClN3O4. The molecule has 1 aliphatic heterocycles. The second-order valence-electron chi connectivity index (χ2n) is 5.90. The van der Waals surface area contributed by atoms with E-state index in [-0.39, 0.29) is 30.3 Å². The first-order chi connectivity index (χ1) is 12.0. The fraction of sp³-hybridized carbons (Fsp3) is 0.412. The lowest BCUT2D eigenvalue weighted by atomic mass is 9.96. The van der Waals surface area contributed by atoms with Gasteiger partial charge in [-0.15, -0.1) is 10.2 Å². The van der Waals surface area contributed by atoms with Crippen LogP contribution in [-0.4, -0.2) is 40.1 Å². The first-order valence-corrected chi connectivity index (χ1v) is 8.41. The van der Waals surface area contributed by atoms with Crippen LogP contribution in [0.3, 0.4) is 0 Å². The monoisotopic (exact) mass is 363 g/mol. The summed E-state index contributed by atoms with van der Waals surface area (Å²) >= 11 is 5.84. The molecule has 132 valence electrons. The van der Waals surface area contributed by atoms with E-state index in [1.807, 2.05) is 0 Å². The standard InChI is InChI=1S/C17H18ClN3O4/c1-11-19-20-15(25-11)10-24-17(23)13-6-8-21(9-7-13)16(22)12-2-4-14(18)5-3-12/h2-5,13H,6-10H2,1H3. The highest BCUT2D eigenvalue weighted by atomic mass is 35.5. The third-order valence-corrected chi connectivity index (χ3v) is 4.36. The number of nitrogens with zero attached hydrogens (tertiary/aromatic N) is 3. The van der Waals surface area contributed by atoms with Crippen LogP contribution in [0, 0.1) is 12.8 Å². The number of likely N-dealkylation sites (tertiary alicyclic amines) is 1. The molecule has 1 saturated heterocycles. The number of aryl methyl sites for hydroxylation is 1. The van der Waals surface area contributed by atoms with E-state index in [0.717, 1.165) is 0 Å². The van der Waals surface area contributed by atoms with Crippen LogP contribution >= 0.6 is 11.6 Å². The summed E-state index contributed by atoms with van der Waals surface area (Å²) in [7, 11) is 0. The van der Waals surface area contributed by atoms with Gasteiger partial charge in [0.25, 0.3) is 11.8 Å². The molecule has 0 bridgehead atoms. The van der Waals surface area contributed by atoms with E-state index in [1.165, 1.54) is 0 Å². The van der Waals surface area contributed by atoms with E-state index < -0.39 is 0 Å². The van der Waals surface area contributed by atoms with Gasteiger partial charge in [-0.05, 0) is 37.1 Å². The molecule has 0 radical (unpaired) electrons. The van der Waals surface area contributed by atoms with Crippen molar-refractivity contribution in [2.75, 3.05) is 13.1 Å². The zero-order chi connectivity index (χ0) is 17.8. The highest BCUT2D eigenvalue weighted by Crippen LogP contribution is 2.21. The predicted molar refractivity (Wildman–Crippen MR) is 88.9 cm³/mol. The molecule has 1 amide bonds. The summed E-state index contributed by atoms with van der Waals surface area (Å²) in [6, 6.07) is 6.80. The number of amides is 1. The zero-order valence-corrected chi connectivity index (χ0v) is 14.5. The molecule has 0 atom stereocenters. The summed E-state index contributed by atoms with van der Waals surface area (Å²) < 4.78 is 10.4. The lowest BCUT2D eigenvalue weighted by Gasteiger charge is -2.30. The Morgan fingerprint density at radius 3 is 2.52 bits per heavy atom. The smallest absolute Gasteiger partial charge is 0.309 e. The van der Waals surface area contributed by atoms with Crippen LogP contribution in [0.15, 0.2) is 28.7 Å². The van der Waals surface area contributed by atoms with Crippen LogP contribution in [0.4, 0.5) is 0 Å². The van der Waals surface area contributed by atoms with Crippen molar-refractivity contribution in [2.24, 2.45) is 5.92 Å². The fourth-order valence-corrected chi connectivity index (χ4v) is 2.87. The molecule has 1 fully saturated rings. The van der Waals surface area contributed by atoms with Crippen LogP contribution in [0.25, 0.3) is 0 Å². The van der Waals surface area contributed by atoms with Gasteiger partial charge in [0.2, 0.25) is 5.89 Å². The van der Waals surface area contributed by atoms with Gasteiger partial charge in [-0.25, -0.2) is 0 Å². The van der Waals surface area contributed by atoms with Gasteiger partial charge in [-0.2, -0.15) is 0 Å². The van der Waals surface area contributed by atoms with Crippen LogP contribution in [-0.2, 0) is 16.1 Å². The van der Waals surface area contributed by atoms with Gasteiger partial charge in [0.05, 0.1) is 5.92 Å². The topological polar surface area (TPSA) is 85.5 Å². The molecule has 0 N–H and O–H groups in total. The number of halogens is 1. The van der Waals surface area contributed by atoms with Crippen molar-refractivity contribution in [1.29, 1.82) is 0 Å². The van der Waals surface area contributed by atoms with Gasteiger partial charge in [0.15, 0.2) is 6.61 Å². The highest BCUT2D eigenvalue weighted by molar-refractivity contribution is 6.30. The van der Waals surface area contributed by atoms with Crippen LogP contribution < -0.4 is 0 Å². The number of esters is 1. The molecule has 0 unspecified atom stereocenters. The fourth-order valence-electron chi connectivity index (χ4n) is 2.74. The summed E-state index contributed by atoms with van der Waals surface area (Å²) in [6.45, 7) is 2.68. The number of piperidine rings is 1. The molecule has 0 spiro atoms. The Hall–Kier alpha value is -2.41. The number of carbonyl (C=O) groups excluding carboxylic acids is 2. The van der Waals surface area contributed by atoms with Crippen molar-refractivity contribution in [2.45, 2.75) is 26.4 Å². The molecule has 3 rings (SSSR count). The van der Waals surface area contributed by atoms with E-state index in [1.54, 1.807) is 36.1 Å². The van der Waals surface area contributed by atoms with Crippen molar-refractivity contribution >= 4 is 23.5 Å². The quantitative estimate of drug-likeness (QED) is 0.776. The maximum absolute atomic E-state index is 12.4. The molecule has 2 heterocycles. The van der Waals surface area contributed by atoms with Crippen LogP contribution in [0.1, 0.15) is 35.0 Å². The Labute approximate surface area is 149 Å². The summed E-state index contributed by atoms with van der Waals surface area (Å²) in [5.41, 5.74) is 0.595. The number of carbonyl (C=O) groups is 2. The van der Waals surface area contributed by atoms with Gasteiger partial charge >= 0.3 is 5.97 Å². The maximum Gasteiger partial charge on any atom is 0.309 e. The lowest BCUT2D eigenvalue weighted by Crippen LogP contribution is -2.40. The minimum absolute atomic E-state index is 0.0242. The van der Waals surface area contributed by atoms with Gasteiger partial charge in [0, 0.05) is 30.6 Å². The van der Waals surface area contributed by atoms with Gasteiger partial charge < -0.3 is 14.1 Å². The number of aromatic nitrogens is 2. The highest BCUT2D eigenvalue weighted by Gasteiger charge is 2.29. The first kappa shape index (κ1) is 17.4. The maximum atomic E-state index is 12.4. The van der Waals surface area contributed by atoms with Crippen molar-refractivity contribution in [3.8, 4) is 0 Å². The van der Waals surface area contributed by atoms with E-state index in [0.29, 0.717) is 42.4 Å². The molecule has 0 saturated carbocycles. The van der Waals surface area contributed by atoms with Crippen LogP contribution in [0.2, 0.25) is 5.02 Å². The second kappa shape index (κ2) is 7.65. The summed E-state index contributed by atoms with van der Waals surface area (Å²) in [4.78, 5) is 26.3. The SMILES string of the molecule is Cc1nnc(COC(=O)C2CCN(C(=O)c3ccc(Cl)cc3)CC2)o1. The lowest BCUT2D eigenvalue weighted by molar-refractivity contribution is -0.152. The zero-order valence-electron chi connectivity index (χ0n) is 13.8. The van der Waals surface area contributed by atoms with E-state index in [4.69, 9.17) is 20.8 Å². The van der Waals surface area contributed by atoms with Crippen LogP contribution in [0.5, 0.6) is 0 Å². The molecule has 1 aromatic heterocycles. The number of benzene rings is 1. The molecule has 0 aliphatic carbocycles. The Morgan fingerprint density at radius 1 is 1.24 bits per heavy atom. The van der Waals surface area contributed by atoms with Crippen molar-refractivity contribution in [3.63, 3.8) is 0 Å². The average molecular weight is 364 g/mol. The van der Waals surface area contributed by atoms with Gasteiger partial charge in [-0.3, -0.25) is 9.59 Å². The molecule has 2 aromatic rings. The molecule has 1 aliphatic rings. The second-order valence-corrected chi connectivity index (χ2v) is 6.33. The Morgan fingerprint density at radius 2 is 1.92 bits per heavy atom. The third kappa shape index (κ3) is 4.36. The van der Waals surface area contributed by atoms with E-state index in [9.17, 15) is 9.59 Å². The van der Waals surface area contributed by atoms with Crippen molar-refractivity contribution in [1.82, 2.24) is 15.1 Å². The van der Waals surface area contributed by atoms with E-state index >= 15 is 0 Å². The molecule has 1 aromatic carbocycles. The van der Waals surface area contributed by atoms with Crippen molar-refractivity contribution in [3.05, 3.63) is 46.6 Å². The Balaban J connectivity index is 1.48. The molecule has 7 nitrogen and oxygen atoms in total. The summed E-state index contributed by atoms with van der Waals surface area (Å²) in [5.74, 6) is 0.138. The molecule has 25 heavy (non-hydrogen) atoms. The number of rotatable bonds is 4. The third-order valence-electron chi connectivity index (χ3n) is 4.11. The largest absolute Gasteiger partial charge is 0.455 e. The van der Waals surface area contributed by atoms with Crippen molar-refractivity contribution < 1.29 is 18.7 Å². The average Bonchev–Trinajstić information content (AvgIpc) is 3.05. The molecule has 8 heteroatoms. The normalized spacial score (nSPS) is 15.2. The minimum atomic E-state index is -0.297. The first-order valence-electron chi connectivity index (χ1n) is 8.03.